The molecule has 0 aromatic heterocycles. The van der Waals surface area contributed by atoms with E-state index in [9.17, 15) is 8.78 Å². The zero-order valence-electron chi connectivity index (χ0n) is 9.45. The number of benzene rings is 2. The lowest BCUT2D eigenvalue weighted by Crippen LogP contribution is -1.95. The highest BCUT2D eigenvalue weighted by atomic mass is 79.9. The highest BCUT2D eigenvalue weighted by Crippen LogP contribution is 2.31. The van der Waals surface area contributed by atoms with Crippen molar-refractivity contribution >= 4 is 21.6 Å². The Morgan fingerprint density at radius 2 is 1.89 bits per heavy atom. The average Bonchev–Trinajstić information content (AvgIpc) is 2.37. The summed E-state index contributed by atoms with van der Waals surface area (Å²) in [5.74, 6) is -2.37. The number of rotatable bonds is 2. The van der Waals surface area contributed by atoms with Crippen molar-refractivity contribution in [2.75, 3.05) is 5.73 Å². The molecule has 0 bridgehead atoms. The van der Waals surface area contributed by atoms with Gasteiger partial charge in [0.05, 0.1) is 5.56 Å². The first-order valence-electron chi connectivity index (χ1n) is 5.13. The Morgan fingerprint density at radius 3 is 2.58 bits per heavy atom. The van der Waals surface area contributed by atoms with Gasteiger partial charge in [0, 0.05) is 10.2 Å². The molecule has 0 aliphatic rings. The number of hydrogen-bond donors (Lipinski definition) is 1. The number of anilines is 1. The van der Waals surface area contributed by atoms with Crippen molar-refractivity contribution in [3.05, 3.63) is 52.0 Å². The lowest BCUT2D eigenvalue weighted by atomic mass is 10.2. The van der Waals surface area contributed by atoms with Crippen LogP contribution < -0.4 is 10.5 Å². The Hall–Kier alpha value is -2.13. The normalized spacial score (nSPS) is 10.0. The lowest BCUT2D eigenvalue weighted by Gasteiger charge is -2.09. The summed E-state index contributed by atoms with van der Waals surface area (Å²) in [5, 5.41) is 8.94. The van der Waals surface area contributed by atoms with Crippen LogP contribution in [0.1, 0.15) is 5.56 Å². The van der Waals surface area contributed by atoms with Crippen LogP contribution in [0.4, 0.5) is 14.5 Å². The minimum atomic E-state index is -1.12. The number of nitriles is 1. The summed E-state index contributed by atoms with van der Waals surface area (Å²) >= 11 is 3.04. The number of ether oxygens (including phenoxy) is 1. The van der Waals surface area contributed by atoms with Crippen LogP contribution in [0.15, 0.2) is 34.8 Å². The van der Waals surface area contributed by atoms with Gasteiger partial charge in [-0.1, -0.05) is 15.9 Å². The van der Waals surface area contributed by atoms with E-state index in [2.05, 4.69) is 15.9 Å². The number of nitrogen functional groups attached to an aromatic ring is 1. The van der Waals surface area contributed by atoms with E-state index in [0.717, 1.165) is 6.07 Å². The topological polar surface area (TPSA) is 59.0 Å². The third-order valence-electron chi connectivity index (χ3n) is 2.30. The summed E-state index contributed by atoms with van der Waals surface area (Å²) < 4.78 is 32.3. The van der Waals surface area contributed by atoms with Crippen LogP contribution in [0.2, 0.25) is 0 Å². The van der Waals surface area contributed by atoms with Crippen molar-refractivity contribution in [3.63, 3.8) is 0 Å². The summed E-state index contributed by atoms with van der Waals surface area (Å²) in [6, 6.07) is 8.44. The van der Waals surface area contributed by atoms with Gasteiger partial charge in [0.25, 0.3) is 0 Å². The third kappa shape index (κ3) is 2.83. The molecule has 96 valence electrons. The summed E-state index contributed by atoms with van der Waals surface area (Å²) in [6.07, 6.45) is 0. The Morgan fingerprint density at radius 1 is 1.16 bits per heavy atom. The van der Waals surface area contributed by atoms with E-state index in [1.54, 1.807) is 0 Å². The van der Waals surface area contributed by atoms with Crippen molar-refractivity contribution in [3.8, 4) is 17.6 Å². The monoisotopic (exact) mass is 324 g/mol. The molecule has 0 atom stereocenters. The highest BCUT2D eigenvalue weighted by Gasteiger charge is 2.14. The predicted molar refractivity (Wildman–Crippen MR) is 69.7 cm³/mol. The number of nitrogens with zero attached hydrogens (tertiary/aromatic N) is 1. The first-order chi connectivity index (χ1) is 9.01. The van der Waals surface area contributed by atoms with Crippen LogP contribution >= 0.6 is 15.9 Å². The van der Waals surface area contributed by atoms with E-state index >= 15 is 0 Å². The average molecular weight is 325 g/mol. The van der Waals surface area contributed by atoms with Gasteiger partial charge >= 0.3 is 0 Å². The smallest absolute Gasteiger partial charge is 0.201 e. The third-order valence-corrected chi connectivity index (χ3v) is 2.76. The Kier molecular flexibility index (Phi) is 3.67. The van der Waals surface area contributed by atoms with E-state index in [-0.39, 0.29) is 17.1 Å². The molecule has 2 aromatic carbocycles. The molecule has 0 saturated carbocycles. The van der Waals surface area contributed by atoms with Crippen LogP contribution in [0.25, 0.3) is 0 Å². The molecule has 2 aromatic rings. The molecule has 0 aliphatic carbocycles. The molecule has 0 aliphatic heterocycles. The molecule has 19 heavy (non-hydrogen) atoms. The maximum Gasteiger partial charge on any atom is 0.201 e. The SMILES string of the molecule is N#Cc1cc(N)ccc1Oc1cc(Br)cc(F)c1F. The predicted octanol–water partition coefficient (Wildman–Crippen LogP) is 3.97. The fourth-order valence-electron chi connectivity index (χ4n) is 1.45. The van der Waals surface area contributed by atoms with Crippen LogP contribution in [-0.2, 0) is 0 Å². The summed E-state index contributed by atoms with van der Waals surface area (Å²) in [5.41, 5.74) is 6.04. The molecule has 0 amide bonds. The minimum absolute atomic E-state index is 0.105. The molecule has 3 nitrogen and oxygen atoms in total. The highest BCUT2D eigenvalue weighted by molar-refractivity contribution is 9.10. The van der Waals surface area contributed by atoms with Crippen LogP contribution in [0.3, 0.4) is 0 Å². The second-order valence-corrected chi connectivity index (χ2v) is 4.58. The Labute approximate surface area is 116 Å². The van der Waals surface area contributed by atoms with Crippen LogP contribution in [-0.4, -0.2) is 0 Å². The number of nitrogens with two attached hydrogens (primary N) is 1. The molecule has 0 radical (unpaired) electrons. The van der Waals surface area contributed by atoms with E-state index in [0.29, 0.717) is 10.2 Å². The standard InChI is InChI=1S/C13H7BrF2N2O/c14-8-4-10(15)13(16)12(5-8)19-11-2-1-9(18)3-7(11)6-17/h1-5H,18H2. The molecule has 2 N–H and O–H groups in total. The van der Waals surface area contributed by atoms with Gasteiger partial charge in [-0.15, -0.1) is 0 Å². The van der Waals surface area contributed by atoms with Crippen molar-refractivity contribution in [2.45, 2.75) is 0 Å². The van der Waals surface area contributed by atoms with E-state index < -0.39 is 11.6 Å². The maximum atomic E-state index is 13.6. The van der Waals surface area contributed by atoms with Gasteiger partial charge in [0.15, 0.2) is 11.6 Å². The van der Waals surface area contributed by atoms with Crippen molar-refractivity contribution in [2.24, 2.45) is 0 Å². The fraction of sp³-hybridized carbons (Fsp3) is 0. The molecule has 0 heterocycles. The zero-order valence-corrected chi connectivity index (χ0v) is 11.0. The van der Waals surface area contributed by atoms with Gasteiger partial charge in [-0.2, -0.15) is 9.65 Å². The number of hydrogen-bond acceptors (Lipinski definition) is 3. The second kappa shape index (κ2) is 5.24. The Bertz CT molecular complexity index is 683. The molecule has 2 rings (SSSR count). The first kappa shape index (κ1) is 13.3. The van der Waals surface area contributed by atoms with Gasteiger partial charge in [-0.3, -0.25) is 0 Å². The van der Waals surface area contributed by atoms with Crippen molar-refractivity contribution < 1.29 is 13.5 Å². The van der Waals surface area contributed by atoms with Gasteiger partial charge in [0.2, 0.25) is 5.82 Å². The van der Waals surface area contributed by atoms with Crippen molar-refractivity contribution in [1.29, 1.82) is 5.26 Å². The largest absolute Gasteiger partial charge is 0.453 e. The second-order valence-electron chi connectivity index (χ2n) is 3.67. The summed E-state index contributed by atoms with van der Waals surface area (Å²) in [7, 11) is 0. The van der Waals surface area contributed by atoms with E-state index in [1.807, 2.05) is 6.07 Å². The van der Waals surface area contributed by atoms with E-state index in [1.165, 1.54) is 24.3 Å². The first-order valence-corrected chi connectivity index (χ1v) is 5.92. The number of halogens is 3. The molecule has 0 unspecified atom stereocenters. The summed E-state index contributed by atoms with van der Waals surface area (Å²) in [6.45, 7) is 0. The van der Waals surface area contributed by atoms with Crippen LogP contribution in [0, 0.1) is 23.0 Å². The molecule has 0 fully saturated rings. The van der Waals surface area contributed by atoms with Gasteiger partial charge in [0.1, 0.15) is 11.8 Å². The molecule has 0 spiro atoms. The van der Waals surface area contributed by atoms with Crippen LogP contribution in [0.5, 0.6) is 11.5 Å². The molecular weight excluding hydrogens is 318 g/mol. The summed E-state index contributed by atoms with van der Waals surface area (Å²) in [4.78, 5) is 0. The maximum absolute atomic E-state index is 13.6. The Balaban J connectivity index is 2.45. The van der Waals surface area contributed by atoms with Gasteiger partial charge < -0.3 is 10.5 Å². The quantitative estimate of drug-likeness (QED) is 0.671. The molecule has 6 heteroatoms. The zero-order chi connectivity index (χ0) is 14.0. The van der Waals surface area contributed by atoms with E-state index in [4.69, 9.17) is 15.7 Å². The molecule has 0 saturated heterocycles. The van der Waals surface area contributed by atoms with Gasteiger partial charge in [-0.25, -0.2) is 4.39 Å². The lowest BCUT2D eigenvalue weighted by molar-refractivity contribution is 0.414. The fourth-order valence-corrected chi connectivity index (χ4v) is 1.86. The molecular formula is C13H7BrF2N2O. The van der Waals surface area contributed by atoms with Gasteiger partial charge in [-0.05, 0) is 30.3 Å². The minimum Gasteiger partial charge on any atom is -0.453 e. The van der Waals surface area contributed by atoms with Crippen molar-refractivity contribution in [1.82, 2.24) is 0 Å².